The first-order chi connectivity index (χ1) is 10.0. The van der Waals surface area contributed by atoms with Crippen LogP contribution in [0.3, 0.4) is 0 Å². The zero-order chi connectivity index (χ0) is 15.4. The van der Waals surface area contributed by atoms with Crippen LogP contribution < -0.4 is 14.8 Å². The second-order valence-electron chi connectivity index (χ2n) is 3.91. The van der Waals surface area contributed by atoms with Crippen LogP contribution in [-0.4, -0.2) is 35.9 Å². The Morgan fingerprint density at radius 1 is 1.43 bits per heavy atom. The maximum atomic E-state index is 11.5. The summed E-state index contributed by atoms with van der Waals surface area (Å²) >= 11 is 0.764. The predicted octanol–water partition coefficient (Wildman–Crippen LogP) is 1.48. The van der Waals surface area contributed by atoms with E-state index in [4.69, 9.17) is 14.6 Å². The molecule has 0 aromatic heterocycles. The van der Waals surface area contributed by atoms with Crippen LogP contribution in [0.1, 0.15) is 5.56 Å². The normalized spacial score (nSPS) is 16.0. The zero-order valence-electron chi connectivity index (χ0n) is 10.9. The van der Waals surface area contributed by atoms with Crippen LogP contribution in [0.4, 0.5) is 4.79 Å². The highest BCUT2D eigenvalue weighted by molar-refractivity contribution is 8.18. The van der Waals surface area contributed by atoms with E-state index >= 15 is 0 Å². The average molecular weight is 309 g/mol. The van der Waals surface area contributed by atoms with Gasteiger partial charge in [-0.25, -0.2) is 4.79 Å². The lowest BCUT2D eigenvalue weighted by molar-refractivity contribution is -0.139. The summed E-state index contributed by atoms with van der Waals surface area (Å²) in [6, 6.07) is 4.90. The molecule has 2 N–H and O–H groups in total. The molecule has 0 bridgehead atoms. The molecular formula is C13H11NO6S. The van der Waals surface area contributed by atoms with Gasteiger partial charge in [0.25, 0.3) is 11.1 Å². The van der Waals surface area contributed by atoms with Crippen LogP contribution in [0.15, 0.2) is 23.1 Å². The summed E-state index contributed by atoms with van der Waals surface area (Å²) in [5.74, 6) is -1.11. The number of rotatable bonds is 5. The Morgan fingerprint density at radius 3 is 2.76 bits per heavy atom. The van der Waals surface area contributed by atoms with Crippen LogP contribution >= 0.6 is 11.8 Å². The van der Waals surface area contributed by atoms with Gasteiger partial charge >= 0.3 is 5.97 Å². The molecule has 8 heteroatoms. The molecule has 0 saturated carbocycles. The van der Waals surface area contributed by atoms with Gasteiger partial charge in [0, 0.05) is 5.56 Å². The van der Waals surface area contributed by atoms with Crippen LogP contribution in [0.2, 0.25) is 0 Å². The summed E-state index contributed by atoms with van der Waals surface area (Å²) in [6.45, 7) is -0.547. The van der Waals surface area contributed by atoms with E-state index < -0.39 is 23.7 Å². The number of amides is 2. The van der Waals surface area contributed by atoms with E-state index in [1.54, 1.807) is 18.2 Å². The average Bonchev–Trinajstić information content (AvgIpc) is 2.75. The highest BCUT2D eigenvalue weighted by Gasteiger charge is 2.25. The number of methoxy groups -OCH3 is 1. The molecule has 0 aliphatic carbocycles. The number of aliphatic carboxylic acids is 1. The molecule has 110 valence electrons. The molecule has 2 rings (SSSR count). The third-order valence-corrected chi connectivity index (χ3v) is 3.31. The molecule has 0 unspecified atom stereocenters. The van der Waals surface area contributed by atoms with Gasteiger partial charge in [-0.15, -0.1) is 0 Å². The van der Waals surface area contributed by atoms with E-state index in [0.717, 1.165) is 11.8 Å². The fourth-order valence-electron chi connectivity index (χ4n) is 1.66. The number of carbonyl (C=O) groups is 3. The summed E-state index contributed by atoms with van der Waals surface area (Å²) in [5.41, 5.74) is 0.447. The summed E-state index contributed by atoms with van der Waals surface area (Å²) in [5, 5.41) is 10.4. The Bertz CT molecular complexity index is 640. The molecule has 1 aliphatic rings. The van der Waals surface area contributed by atoms with Gasteiger partial charge in [0.2, 0.25) is 0 Å². The molecule has 1 aromatic carbocycles. The van der Waals surface area contributed by atoms with Gasteiger partial charge in [0.1, 0.15) is 0 Å². The third kappa shape index (κ3) is 3.54. The maximum absolute atomic E-state index is 11.5. The summed E-state index contributed by atoms with van der Waals surface area (Å²) in [7, 11) is 1.42. The molecule has 1 aromatic rings. The van der Waals surface area contributed by atoms with Crippen LogP contribution in [-0.2, 0) is 9.59 Å². The number of carbonyl (C=O) groups excluding carboxylic acids is 2. The van der Waals surface area contributed by atoms with E-state index in [0.29, 0.717) is 11.3 Å². The number of ether oxygens (including phenoxy) is 2. The second kappa shape index (κ2) is 6.31. The maximum Gasteiger partial charge on any atom is 0.341 e. The molecule has 1 fully saturated rings. The number of imide groups is 1. The van der Waals surface area contributed by atoms with Crippen molar-refractivity contribution in [3.05, 3.63) is 28.7 Å². The first kappa shape index (κ1) is 14.9. The Hall–Kier alpha value is -2.48. The predicted molar refractivity (Wildman–Crippen MR) is 75.2 cm³/mol. The van der Waals surface area contributed by atoms with Crippen molar-refractivity contribution in [2.45, 2.75) is 0 Å². The van der Waals surface area contributed by atoms with Crippen LogP contribution in [0, 0.1) is 0 Å². The molecule has 1 heterocycles. The number of para-hydroxylation sites is 1. The number of carboxylic acid groups (broad SMARTS) is 1. The Balaban J connectivity index is 2.38. The van der Waals surface area contributed by atoms with E-state index in [2.05, 4.69) is 5.32 Å². The fourth-order valence-corrected chi connectivity index (χ4v) is 2.33. The zero-order valence-corrected chi connectivity index (χ0v) is 11.7. The molecule has 0 spiro atoms. The van der Waals surface area contributed by atoms with Gasteiger partial charge in [-0.05, 0) is 23.9 Å². The van der Waals surface area contributed by atoms with Gasteiger partial charge in [-0.1, -0.05) is 12.1 Å². The van der Waals surface area contributed by atoms with Crippen molar-refractivity contribution in [1.29, 1.82) is 0 Å². The Morgan fingerprint density at radius 2 is 2.19 bits per heavy atom. The highest BCUT2D eigenvalue weighted by Crippen LogP contribution is 2.35. The van der Waals surface area contributed by atoms with E-state index in [1.807, 2.05) is 0 Å². The molecule has 21 heavy (non-hydrogen) atoms. The van der Waals surface area contributed by atoms with Gasteiger partial charge < -0.3 is 14.6 Å². The lowest BCUT2D eigenvalue weighted by Gasteiger charge is -2.12. The SMILES string of the molecule is COc1cccc(C=C2SC(=O)NC2=O)c1OCC(=O)O. The topological polar surface area (TPSA) is 102 Å². The van der Waals surface area contributed by atoms with Gasteiger partial charge in [-0.2, -0.15) is 0 Å². The van der Waals surface area contributed by atoms with Gasteiger partial charge in [0.15, 0.2) is 18.1 Å². The first-order valence-corrected chi connectivity index (χ1v) is 6.59. The number of nitrogens with one attached hydrogen (secondary N) is 1. The minimum absolute atomic E-state index is 0.197. The van der Waals surface area contributed by atoms with Gasteiger partial charge in [0.05, 0.1) is 12.0 Å². The number of thioether (sulfide) groups is 1. The standard InChI is InChI=1S/C13H11NO6S/c1-19-8-4-2-3-7(11(8)20-6-10(15)16)5-9-12(17)14-13(18)21-9/h2-5H,6H2,1H3,(H,15,16)(H,14,17,18). The van der Waals surface area contributed by atoms with Crippen LogP contribution in [0.25, 0.3) is 6.08 Å². The van der Waals surface area contributed by atoms with Gasteiger partial charge in [-0.3, -0.25) is 14.9 Å². The van der Waals surface area contributed by atoms with Crippen molar-refractivity contribution in [3.63, 3.8) is 0 Å². The second-order valence-corrected chi connectivity index (χ2v) is 4.93. The largest absolute Gasteiger partial charge is 0.493 e. The number of hydrogen-bond acceptors (Lipinski definition) is 6. The minimum atomic E-state index is -1.14. The molecule has 1 saturated heterocycles. The summed E-state index contributed by atoms with van der Waals surface area (Å²) in [4.78, 5) is 33.5. The Kier molecular flexibility index (Phi) is 4.49. The quantitative estimate of drug-likeness (QED) is 0.794. The van der Waals surface area contributed by atoms with Crippen molar-refractivity contribution in [1.82, 2.24) is 5.32 Å². The van der Waals surface area contributed by atoms with Crippen molar-refractivity contribution in [2.24, 2.45) is 0 Å². The molecule has 7 nitrogen and oxygen atoms in total. The molecule has 2 amide bonds. The Labute approximate surface area is 123 Å². The number of benzene rings is 1. The fraction of sp³-hybridized carbons (Fsp3) is 0.154. The highest BCUT2D eigenvalue weighted by atomic mass is 32.2. The molecule has 0 atom stereocenters. The summed E-state index contributed by atoms with van der Waals surface area (Å²) in [6.07, 6.45) is 1.45. The monoisotopic (exact) mass is 309 g/mol. The molecule has 1 aliphatic heterocycles. The van der Waals surface area contributed by atoms with Crippen molar-refractivity contribution >= 4 is 35.0 Å². The third-order valence-electron chi connectivity index (χ3n) is 2.50. The number of carboxylic acids is 1. The molecular weight excluding hydrogens is 298 g/mol. The van der Waals surface area contributed by atoms with E-state index in [1.165, 1.54) is 13.2 Å². The smallest absolute Gasteiger partial charge is 0.341 e. The van der Waals surface area contributed by atoms with Crippen LogP contribution in [0.5, 0.6) is 11.5 Å². The first-order valence-electron chi connectivity index (χ1n) is 5.77. The van der Waals surface area contributed by atoms with Crippen molar-refractivity contribution in [2.75, 3.05) is 13.7 Å². The van der Waals surface area contributed by atoms with Crippen molar-refractivity contribution in [3.8, 4) is 11.5 Å². The lowest BCUT2D eigenvalue weighted by atomic mass is 10.1. The minimum Gasteiger partial charge on any atom is -0.493 e. The van der Waals surface area contributed by atoms with E-state index in [-0.39, 0.29) is 10.7 Å². The number of hydrogen-bond donors (Lipinski definition) is 2. The summed E-state index contributed by atoms with van der Waals surface area (Å²) < 4.78 is 10.3. The van der Waals surface area contributed by atoms with E-state index in [9.17, 15) is 14.4 Å². The molecule has 0 radical (unpaired) electrons. The van der Waals surface area contributed by atoms with Crippen molar-refractivity contribution < 1.29 is 29.0 Å². The lowest BCUT2D eigenvalue weighted by Crippen LogP contribution is -2.17.